The van der Waals surface area contributed by atoms with Gasteiger partial charge in [0.15, 0.2) is 0 Å². The van der Waals surface area contributed by atoms with Crippen molar-refractivity contribution >= 4 is 15.9 Å². The van der Waals surface area contributed by atoms with E-state index in [1.165, 1.54) is 46.3 Å². The molecule has 1 fully saturated rings. The minimum absolute atomic E-state index is 0.0206. The number of hydrogen-bond donors (Lipinski definition) is 3. The standard InChI is InChI=1S/C33H41F2N3O4S/c1-3-23-8-7-9-24(16-23)21-36-22-32(39)31(19-25-17-27(34)20-28(35)18-25)37-33(40)26-12-14-30(15-13-26)43(41,42)38(2)29-10-5-4-6-11-29/h7-9,12-18,20,29,31-32,36,39H,3-6,10-11,19,21-22H2,1-2H3,(H,37,40)/t31-,32+/m0/s1. The molecule has 1 amide bonds. The van der Waals surface area contributed by atoms with E-state index in [9.17, 15) is 27.1 Å². The number of amides is 1. The van der Waals surface area contributed by atoms with Gasteiger partial charge in [-0.15, -0.1) is 0 Å². The summed E-state index contributed by atoms with van der Waals surface area (Å²) in [6.45, 7) is 2.68. The molecule has 1 saturated carbocycles. The van der Waals surface area contributed by atoms with Gasteiger partial charge in [0.1, 0.15) is 11.6 Å². The van der Waals surface area contributed by atoms with E-state index in [0.717, 1.165) is 50.2 Å². The molecule has 0 saturated heterocycles. The van der Waals surface area contributed by atoms with E-state index in [-0.39, 0.29) is 35.0 Å². The molecule has 3 aromatic carbocycles. The molecular formula is C33H41F2N3O4S. The monoisotopic (exact) mass is 613 g/mol. The molecule has 3 aromatic rings. The van der Waals surface area contributed by atoms with Gasteiger partial charge < -0.3 is 15.7 Å². The lowest BCUT2D eigenvalue weighted by molar-refractivity contribution is 0.0829. The molecule has 232 valence electrons. The number of halogens is 2. The summed E-state index contributed by atoms with van der Waals surface area (Å²) in [5, 5.41) is 17.1. The van der Waals surface area contributed by atoms with Gasteiger partial charge in [0.2, 0.25) is 10.0 Å². The predicted molar refractivity (Wildman–Crippen MR) is 163 cm³/mol. The van der Waals surface area contributed by atoms with Crippen LogP contribution in [0.15, 0.2) is 71.6 Å². The molecule has 0 unspecified atom stereocenters. The predicted octanol–water partition coefficient (Wildman–Crippen LogP) is 4.97. The summed E-state index contributed by atoms with van der Waals surface area (Å²) in [6.07, 6.45) is 4.56. The van der Waals surface area contributed by atoms with E-state index in [1.54, 1.807) is 7.05 Å². The molecule has 3 N–H and O–H groups in total. The van der Waals surface area contributed by atoms with E-state index in [2.05, 4.69) is 23.6 Å². The first kappa shape index (κ1) is 32.7. The Bertz CT molecular complexity index is 1460. The third kappa shape index (κ3) is 8.92. The average Bonchev–Trinajstić information content (AvgIpc) is 3.00. The van der Waals surface area contributed by atoms with Gasteiger partial charge in [-0.25, -0.2) is 17.2 Å². The minimum atomic E-state index is -3.72. The largest absolute Gasteiger partial charge is 0.390 e. The fraction of sp³-hybridized carbons (Fsp3) is 0.424. The van der Waals surface area contributed by atoms with Crippen molar-refractivity contribution in [1.82, 2.24) is 14.9 Å². The number of carbonyl (C=O) groups excluding carboxylic acids is 1. The maximum absolute atomic E-state index is 13.9. The molecule has 43 heavy (non-hydrogen) atoms. The molecule has 10 heteroatoms. The molecule has 0 aromatic heterocycles. The molecule has 4 rings (SSSR count). The highest BCUT2D eigenvalue weighted by Gasteiger charge is 2.29. The molecule has 0 bridgehead atoms. The van der Waals surface area contributed by atoms with Crippen molar-refractivity contribution in [1.29, 1.82) is 0 Å². The maximum atomic E-state index is 13.9. The van der Waals surface area contributed by atoms with Crippen molar-refractivity contribution < 1.29 is 27.1 Å². The van der Waals surface area contributed by atoms with Gasteiger partial charge in [0.25, 0.3) is 5.91 Å². The lowest BCUT2D eigenvalue weighted by Gasteiger charge is -2.30. The number of aliphatic hydroxyl groups is 1. The Kier molecular flexibility index (Phi) is 11.4. The van der Waals surface area contributed by atoms with Gasteiger partial charge in [-0.2, -0.15) is 4.31 Å². The van der Waals surface area contributed by atoms with Crippen molar-refractivity contribution in [2.45, 2.75) is 81.5 Å². The van der Waals surface area contributed by atoms with Crippen LogP contribution in [0.1, 0.15) is 66.1 Å². The van der Waals surface area contributed by atoms with Gasteiger partial charge in [0.05, 0.1) is 17.0 Å². The number of carbonyl (C=O) groups is 1. The molecule has 2 atom stereocenters. The second kappa shape index (κ2) is 15.0. The number of nitrogens with zero attached hydrogens (tertiary/aromatic N) is 1. The molecule has 1 aliphatic rings. The van der Waals surface area contributed by atoms with Crippen LogP contribution in [0.4, 0.5) is 8.78 Å². The number of nitrogens with one attached hydrogen (secondary N) is 2. The van der Waals surface area contributed by atoms with Crippen molar-refractivity contribution in [2.24, 2.45) is 0 Å². The number of hydrogen-bond acceptors (Lipinski definition) is 5. The van der Waals surface area contributed by atoms with E-state index in [1.807, 2.05) is 18.2 Å². The lowest BCUT2D eigenvalue weighted by atomic mass is 9.96. The first-order valence-corrected chi connectivity index (χ1v) is 16.3. The van der Waals surface area contributed by atoms with E-state index in [0.29, 0.717) is 6.54 Å². The van der Waals surface area contributed by atoms with Gasteiger partial charge in [0, 0.05) is 37.8 Å². The Morgan fingerprint density at radius 2 is 1.60 bits per heavy atom. The van der Waals surface area contributed by atoms with Crippen LogP contribution >= 0.6 is 0 Å². The zero-order valence-electron chi connectivity index (χ0n) is 24.7. The maximum Gasteiger partial charge on any atom is 0.251 e. The summed E-state index contributed by atoms with van der Waals surface area (Å²) >= 11 is 0. The summed E-state index contributed by atoms with van der Waals surface area (Å²) in [6, 6.07) is 15.9. The normalized spacial score (nSPS) is 15.8. The summed E-state index contributed by atoms with van der Waals surface area (Å²) in [5.74, 6) is -2.04. The van der Waals surface area contributed by atoms with Crippen molar-refractivity contribution in [3.8, 4) is 0 Å². The molecule has 0 radical (unpaired) electrons. The smallest absolute Gasteiger partial charge is 0.251 e. The van der Waals surface area contributed by atoms with Crippen LogP contribution in [0.5, 0.6) is 0 Å². The Labute approximate surface area is 253 Å². The quantitative estimate of drug-likeness (QED) is 0.253. The number of aryl methyl sites for hydroxylation is 1. The summed E-state index contributed by atoms with van der Waals surface area (Å²) < 4.78 is 55.7. The van der Waals surface area contributed by atoms with Crippen molar-refractivity contribution in [3.05, 3.63) is 101 Å². The van der Waals surface area contributed by atoms with Gasteiger partial charge >= 0.3 is 0 Å². The Morgan fingerprint density at radius 3 is 2.26 bits per heavy atom. The number of sulfonamides is 1. The van der Waals surface area contributed by atoms with Crippen LogP contribution in [0, 0.1) is 11.6 Å². The summed E-state index contributed by atoms with van der Waals surface area (Å²) in [4.78, 5) is 13.3. The number of aliphatic hydroxyl groups excluding tert-OH is 1. The third-order valence-electron chi connectivity index (χ3n) is 8.12. The van der Waals surface area contributed by atoms with Gasteiger partial charge in [-0.05, 0) is 78.8 Å². The Balaban J connectivity index is 1.45. The zero-order valence-corrected chi connectivity index (χ0v) is 25.5. The summed E-state index contributed by atoms with van der Waals surface area (Å²) in [5.41, 5.74) is 2.72. The highest BCUT2D eigenvalue weighted by Crippen LogP contribution is 2.26. The highest BCUT2D eigenvalue weighted by molar-refractivity contribution is 7.89. The fourth-order valence-corrected chi connectivity index (χ4v) is 6.99. The first-order chi connectivity index (χ1) is 20.6. The average molecular weight is 614 g/mol. The van der Waals surface area contributed by atoms with Crippen LogP contribution in [0.2, 0.25) is 0 Å². The molecule has 1 aliphatic carbocycles. The van der Waals surface area contributed by atoms with Gasteiger partial charge in [-0.3, -0.25) is 4.79 Å². The van der Waals surface area contributed by atoms with Crippen LogP contribution in [0.3, 0.4) is 0 Å². The number of benzene rings is 3. The highest BCUT2D eigenvalue weighted by atomic mass is 32.2. The van der Waals surface area contributed by atoms with Crippen molar-refractivity contribution in [2.75, 3.05) is 13.6 Å². The Morgan fingerprint density at radius 1 is 0.953 bits per heavy atom. The lowest BCUT2D eigenvalue weighted by Crippen LogP contribution is -2.48. The van der Waals surface area contributed by atoms with Crippen LogP contribution in [-0.2, 0) is 29.4 Å². The van der Waals surface area contributed by atoms with Crippen LogP contribution in [0.25, 0.3) is 0 Å². The van der Waals surface area contributed by atoms with Gasteiger partial charge in [-0.1, -0.05) is 50.5 Å². The third-order valence-corrected chi connectivity index (χ3v) is 10.0. The number of rotatable bonds is 13. The van der Waals surface area contributed by atoms with E-state index < -0.39 is 39.7 Å². The van der Waals surface area contributed by atoms with E-state index >= 15 is 0 Å². The first-order valence-electron chi connectivity index (χ1n) is 14.9. The SMILES string of the molecule is CCc1cccc(CNC[C@@H](O)[C@H](Cc2cc(F)cc(F)c2)NC(=O)c2ccc(S(=O)(=O)N(C)C3CCCCC3)cc2)c1. The molecule has 7 nitrogen and oxygen atoms in total. The van der Waals surface area contributed by atoms with Crippen molar-refractivity contribution in [3.63, 3.8) is 0 Å². The zero-order chi connectivity index (χ0) is 31.0. The topological polar surface area (TPSA) is 98.7 Å². The second-order valence-corrected chi connectivity index (χ2v) is 13.3. The molecule has 0 heterocycles. The minimum Gasteiger partial charge on any atom is -0.390 e. The molecule has 0 aliphatic heterocycles. The van der Waals surface area contributed by atoms with Crippen LogP contribution in [-0.4, -0.2) is 55.5 Å². The Hall–Kier alpha value is -3.18. The van der Waals surface area contributed by atoms with E-state index in [4.69, 9.17) is 0 Å². The molecule has 0 spiro atoms. The fourth-order valence-electron chi connectivity index (χ4n) is 5.57. The van der Waals surface area contributed by atoms with Crippen LogP contribution < -0.4 is 10.6 Å². The second-order valence-electron chi connectivity index (χ2n) is 11.3. The summed E-state index contributed by atoms with van der Waals surface area (Å²) in [7, 11) is -2.12. The molecular weight excluding hydrogens is 572 g/mol.